The van der Waals surface area contributed by atoms with Gasteiger partial charge in [0.05, 0.1) is 19.8 Å². The second kappa shape index (κ2) is 5.93. The minimum Gasteiger partial charge on any atom is -0.490 e. The van der Waals surface area contributed by atoms with E-state index in [-0.39, 0.29) is 11.9 Å². The van der Waals surface area contributed by atoms with Crippen molar-refractivity contribution in [1.82, 2.24) is 0 Å². The van der Waals surface area contributed by atoms with Gasteiger partial charge in [-0.1, -0.05) is 0 Å². The first-order valence-electron chi connectivity index (χ1n) is 7.71. The fourth-order valence-electron chi connectivity index (χ4n) is 3.35. The van der Waals surface area contributed by atoms with Crippen LogP contribution in [0.5, 0.6) is 11.5 Å². The average Bonchev–Trinajstić information content (AvgIpc) is 2.84. The standard InChI is InChI=1S/C16H22N2O3/c1-11(16(17)19)18-7-2-4-13(18)12-5-6-14-15(10-12)21-9-3-8-20-14/h5-6,10-11,13H,2-4,7-9H2,1H3,(H2,17,19)/p+1/t11-,13+/m0/s1. The zero-order valence-corrected chi connectivity index (χ0v) is 12.4. The van der Waals surface area contributed by atoms with Crippen LogP contribution in [0.2, 0.25) is 0 Å². The van der Waals surface area contributed by atoms with Gasteiger partial charge in [-0.15, -0.1) is 0 Å². The zero-order valence-electron chi connectivity index (χ0n) is 12.4. The molecule has 1 unspecified atom stereocenters. The Morgan fingerprint density at radius 2 is 2.05 bits per heavy atom. The van der Waals surface area contributed by atoms with Crippen LogP contribution in [0.3, 0.4) is 0 Å². The molecule has 3 atom stereocenters. The molecule has 1 fully saturated rings. The highest BCUT2D eigenvalue weighted by molar-refractivity contribution is 5.77. The summed E-state index contributed by atoms with van der Waals surface area (Å²) in [7, 11) is 0. The molecule has 0 aliphatic carbocycles. The Bertz CT molecular complexity index is 532. The summed E-state index contributed by atoms with van der Waals surface area (Å²) in [5, 5.41) is 0. The van der Waals surface area contributed by atoms with Crippen LogP contribution in [-0.4, -0.2) is 31.7 Å². The molecule has 1 aromatic carbocycles. The molecule has 1 amide bonds. The van der Waals surface area contributed by atoms with Gasteiger partial charge in [-0.3, -0.25) is 4.79 Å². The molecule has 0 bridgehead atoms. The van der Waals surface area contributed by atoms with E-state index in [1.54, 1.807) is 0 Å². The van der Waals surface area contributed by atoms with Crippen LogP contribution in [-0.2, 0) is 4.79 Å². The summed E-state index contributed by atoms with van der Waals surface area (Å²) in [6.07, 6.45) is 3.10. The maximum absolute atomic E-state index is 11.5. The lowest BCUT2D eigenvalue weighted by Gasteiger charge is -2.26. The number of quaternary nitrogens is 1. The van der Waals surface area contributed by atoms with Gasteiger partial charge in [0, 0.05) is 24.8 Å². The third-order valence-electron chi connectivity index (χ3n) is 4.56. The van der Waals surface area contributed by atoms with E-state index in [2.05, 4.69) is 12.1 Å². The number of amides is 1. The molecular formula is C16H23N2O3+. The normalized spacial score (nSPS) is 26.1. The van der Waals surface area contributed by atoms with Crippen LogP contribution in [0, 0.1) is 0 Å². The molecule has 2 aliphatic rings. The molecule has 2 aliphatic heterocycles. The van der Waals surface area contributed by atoms with Crippen LogP contribution in [0.1, 0.15) is 37.8 Å². The van der Waals surface area contributed by atoms with E-state index < -0.39 is 0 Å². The van der Waals surface area contributed by atoms with Crippen LogP contribution >= 0.6 is 0 Å². The van der Waals surface area contributed by atoms with Gasteiger partial charge in [0.15, 0.2) is 17.5 Å². The first-order chi connectivity index (χ1) is 10.2. The molecule has 1 aromatic rings. The van der Waals surface area contributed by atoms with Crippen molar-refractivity contribution in [3.05, 3.63) is 23.8 Å². The number of ether oxygens (including phenoxy) is 2. The summed E-state index contributed by atoms with van der Waals surface area (Å²) in [6, 6.07) is 6.31. The lowest BCUT2D eigenvalue weighted by molar-refractivity contribution is -0.932. The number of hydrogen-bond acceptors (Lipinski definition) is 3. The summed E-state index contributed by atoms with van der Waals surface area (Å²) in [6.45, 7) is 4.30. The molecule has 0 spiro atoms. The van der Waals surface area contributed by atoms with E-state index in [4.69, 9.17) is 15.2 Å². The zero-order chi connectivity index (χ0) is 14.8. The molecule has 5 nitrogen and oxygen atoms in total. The Morgan fingerprint density at radius 1 is 1.29 bits per heavy atom. The number of hydrogen-bond donors (Lipinski definition) is 2. The highest BCUT2D eigenvalue weighted by Crippen LogP contribution is 2.33. The molecule has 0 radical (unpaired) electrons. The van der Waals surface area contributed by atoms with E-state index in [0.29, 0.717) is 19.3 Å². The maximum Gasteiger partial charge on any atom is 0.275 e. The van der Waals surface area contributed by atoms with Gasteiger partial charge in [0.25, 0.3) is 5.91 Å². The smallest absolute Gasteiger partial charge is 0.275 e. The van der Waals surface area contributed by atoms with Crippen molar-refractivity contribution in [2.75, 3.05) is 19.8 Å². The highest BCUT2D eigenvalue weighted by Gasteiger charge is 2.36. The third-order valence-corrected chi connectivity index (χ3v) is 4.56. The first kappa shape index (κ1) is 14.2. The van der Waals surface area contributed by atoms with E-state index in [1.807, 2.05) is 13.0 Å². The predicted octanol–water partition coefficient (Wildman–Crippen LogP) is 0.442. The van der Waals surface area contributed by atoms with Crippen molar-refractivity contribution < 1.29 is 19.2 Å². The molecule has 0 aromatic heterocycles. The van der Waals surface area contributed by atoms with Crippen LogP contribution in [0.15, 0.2) is 18.2 Å². The molecular weight excluding hydrogens is 268 g/mol. The number of rotatable bonds is 3. The summed E-state index contributed by atoms with van der Waals surface area (Å²) in [5.74, 6) is 1.41. The number of carbonyl (C=O) groups is 1. The topological polar surface area (TPSA) is 66.0 Å². The molecule has 3 N–H and O–H groups in total. The SMILES string of the molecule is C[C@@H](C(N)=O)[NH+]1CCC[C@@H]1c1ccc2c(c1)OCCCO2. The Labute approximate surface area is 125 Å². The highest BCUT2D eigenvalue weighted by atomic mass is 16.5. The molecule has 21 heavy (non-hydrogen) atoms. The number of nitrogens with two attached hydrogens (primary N) is 1. The molecule has 5 heteroatoms. The van der Waals surface area contributed by atoms with Crippen molar-refractivity contribution in [3.63, 3.8) is 0 Å². The lowest BCUT2D eigenvalue weighted by Crippen LogP contribution is -3.15. The molecule has 0 saturated carbocycles. The Kier molecular flexibility index (Phi) is 4.01. The molecule has 114 valence electrons. The second-order valence-electron chi connectivity index (χ2n) is 5.90. The van der Waals surface area contributed by atoms with E-state index in [1.165, 1.54) is 10.5 Å². The minimum absolute atomic E-state index is 0.159. The number of primary amides is 1. The van der Waals surface area contributed by atoms with Crippen LogP contribution < -0.4 is 20.1 Å². The minimum atomic E-state index is -0.230. The van der Waals surface area contributed by atoms with Gasteiger partial charge < -0.3 is 20.1 Å². The largest absolute Gasteiger partial charge is 0.490 e. The van der Waals surface area contributed by atoms with E-state index >= 15 is 0 Å². The number of carbonyl (C=O) groups excluding carboxylic acids is 1. The van der Waals surface area contributed by atoms with E-state index in [0.717, 1.165) is 37.3 Å². The van der Waals surface area contributed by atoms with Gasteiger partial charge in [0.2, 0.25) is 0 Å². The Morgan fingerprint density at radius 3 is 2.81 bits per heavy atom. The summed E-state index contributed by atoms with van der Waals surface area (Å²) >= 11 is 0. The van der Waals surface area contributed by atoms with Gasteiger partial charge >= 0.3 is 0 Å². The van der Waals surface area contributed by atoms with Gasteiger partial charge in [-0.05, 0) is 25.1 Å². The van der Waals surface area contributed by atoms with Crippen molar-refractivity contribution >= 4 is 5.91 Å². The van der Waals surface area contributed by atoms with Crippen molar-refractivity contribution in [2.24, 2.45) is 5.73 Å². The fraction of sp³-hybridized carbons (Fsp3) is 0.562. The van der Waals surface area contributed by atoms with Crippen molar-refractivity contribution in [3.8, 4) is 11.5 Å². The van der Waals surface area contributed by atoms with E-state index in [9.17, 15) is 4.79 Å². The number of benzene rings is 1. The number of fused-ring (bicyclic) bond motifs is 1. The maximum atomic E-state index is 11.5. The monoisotopic (exact) mass is 291 g/mol. The van der Waals surface area contributed by atoms with Gasteiger partial charge in [-0.25, -0.2) is 0 Å². The lowest BCUT2D eigenvalue weighted by atomic mass is 10.0. The van der Waals surface area contributed by atoms with Gasteiger partial charge in [-0.2, -0.15) is 0 Å². The second-order valence-corrected chi connectivity index (χ2v) is 5.90. The van der Waals surface area contributed by atoms with Crippen LogP contribution in [0.25, 0.3) is 0 Å². The summed E-state index contributed by atoms with van der Waals surface area (Å²) in [5.41, 5.74) is 6.69. The Hall–Kier alpha value is -1.75. The average molecular weight is 291 g/mol. The fourth-order valence-corrected chi connectivity index (χ4v) is 3.35. The first-order valence-corrected chi connectivity index (χ1v) is 7.71. The quantitative estimate of drug-likeness (QED) is 0.849. The molecule has 3 rings (SSSR count). The summed E-state index contributed by atoms with van der Waals surface area (Å²) in [4.78, 5) is 12.8. The predicted molar refractivity (Wildman–Crippen MR) is 78.5 cm³/mol. The Balaban J connectivity index is 1.86. The molecule has 1 saturated heterocycles. The number of nitrogens with one attached hydrogen (secondary N) is 1. The van der Waals surface area contributed by atoms with Gasteiger partial charge in [0.1, 0.15) is 6.04 Å². The third kappa shape index (κ3) is 2.83. The summed E-state index contributed by atoms with van der Waals surface area (Å²) < 4.78 is 11.4. The number of likely N-dealkylation sites (tertiary alicyclic amines) is 1. The van der Waals surface area contributed by atoms with Crippen LogP contribution in [0.4, 0.5) is 0 Å². The molecule has 2 heterocycles. The van der Waals surface area contributed by atoms with Crippen molar-refractivity contribution in [2.45, 2.75) is 38.3 Å². The van der Waals surface area contributed by atoms with Crippen molar-refractivity contribution in [1.29, 1.82) is 0 Å².